The number of aliphatic hydroxyl groups excluding tert-OH is 1. The maximum absolute atomic E-state index is 13.4. The van der Waals surface area contributed by atoms with Crippen LogP contribution >= 0.6 is 0 Å². The molecule has 2 aliphatic heterocycles. The minimum atomic E-state index is -1.52. The number of amides is 1. The minimum absolute atomic E-state index is 0.0757. The molecule has 0 spiro atoms. The van der Waals surface area contributed by atoms with Crippen molar-refractivity contribution in [1.82, 2.24) is 4.90 Å². The average Bonchev–Trinajstić information content (AvgIpc) is 2.43. The third-order valence-electron chi connectivity index (χ3n) is 4.38. The van der Waals surface area contributed by atoms with Gasteiger partial charge in [0.1, 0.15) is 0 Å². The van der Waals surface area contributed by atoms with Crippen LogP contribution in [0.15, 0.2) is 12.1 Å². The van der Waals surface area contributed by atoms with Crippen molar-refractivity contribution in [2.24, 2.45) is 0 Å². The highest BCUT2D eigenvalue weighted by Crippen LogP contribution is 2.39. The number of benzene rings is 1. The summed E-state index contributed by atoms with van der Waals surface area (Å²) < 4.78 is 39.9. The first kappa shape index (κ1) is 14.4. The standard InChI is InChI=1S/C15H16F3NO2/c16-11-4-8(5-12(17)15(11)18)13-7-10(20)6-9-2-1-3-14(21)19(9)13/h4-5,9-10,13,20H,1-3,6-7H2/t9-,10?,13+/m1/s1. The summed E-state index contributed by atoms with van der Waals surface area (Å²) in [5.41, 5.74) is 0.199. The number of rotatable bonds is 1. The second-order valence-electron chi connectivity index (χ2n) is 5.79. The monoisotopic (exact) mass is 299 g/mol. The molecule has 114 valence electrons. The van der Waals surface area contributed by atoms with E-state index in [0.717, 1.165) is 25.0 Å². The first-order valence-electron chi connectivity index (χ1n) is 7.11. The van der Waals surface area contributed by atoms with E-state index in [4.69, 9.17) is 0 Å². The van der Waals surface area contributed by atoms with Gasteiger partial charge in [0.15, 0.2) is 17.5 Å². The third kappa shape index (κ3) is 2.52. The smallest absolute Gasteiger partial charge is 0.223 e. The van der Waals surface area contributed by atoms with Gasteiger partial charge < -0.3 is 10.0 Å². The Bertz CT molecular complexity index is 555. The van der Waals surface area contributed by atoms with Gasteiger partial charge in [-0.3, -0.25) is 4.79 Å². The Hall–Kier alpha value is -1.56. The van der Waals surface area contributed by atoms with Crippen LogP contribution in [-0.4, -0.2) is 28.1 Å². The quantitative estimate of drug-likeness (QED) is 0.810. The SMILES string of the molecule is O=C1CCC[C@@H]2CC(O)C[C@@H](c3cc(F)c(F)c(F)c3)N12. The molecule has 1 aromatic rings. The van der Waals surface area contributed by atoms with Crippen molar-refractivity contribution in [3.63, 3.8) is 0 Å². The highest BCUT2D eigenvalue weighted by Gasteiger charge is 2.40. The number of hydrogen-bond acceptors (Lipinski definition) is 2. The van der Waals surface area contributed by atoms with Crippen LogP contribution in [-0.2, 0) is 4.79 Å². The van der Waals surface area contributed by atoms with Gasteiger partial charge in [-0.1, -0.05) is 0 Å². The maximum atomic E-state index is 13.4. The Morgan fingerprint density at radius 2 is 1.81 bits per heavy atom. The van der Waals surface area contributed by atoms with Gasteiger partial charge in [0.2, 0.25) is 5.91 Å². The first-order valence-corrected chi connectivity index (χ1v) is 7.11. The van der Waals surface area contributed by atoms with E-state index in [-0.39, 0.29) is 23.9 Å². The number of aliphatic hydroxyl groups is 1. The van der Waals surface area contributed by atoms with Gasteiger partial charge in [0.25, 0.3) is 0 Å². The topological polar surface area (TPSA) is 40.5 Å². The molecule has 0 aromatic heterocycles. The summed E-state index contributed by atoms with van der Waals surface area (Å²) in [6.45, 7) is 0. The van der Waals surface area contributed by atoms with Gasteiger partial charge >= 0.3 is 0 Å². The summed E-state index contributed by atoms with van der Waals surface area (Å²) in [6.07, 6.45) is 1.99. The van der Waals surface area contributed by atoms with E-state index in [0.29, 0.717) is 12.8 Å². The molecule has 0 radical (unpaired) electrons. The Balaban J connectivity index is 2.00. The lowest BCUT2D eigenvalue weighted by atomic mass is 9.84. The summed E-state index contributed by atoms with van der Waals surface area (Å²) in [7, 11) is 0. The molecule has 3 nitrogen and oxygen atoms in total. The minimum Gasteiger partial charge on any atom is -0.393 e. The zero-order valence-electron chi connectivity index (χ0n) is 11.4. The Labute approximate surface area is 120 Å². The van der Waals surface area contributed by atoms with Gasteiger partial charge in [0.05, 0.1) is 12.1 Å². The van der Waals surface area contributed by atoms with Gasteiger partial charge in [0, 0.05) is 12.5 Å². The van der Waals surface area contributed by atoms with Crippen molar-refractivity contribution in [2.75, 3.05) is 0 Å². The van der Waals surface area contributed by atoms with Crippen molar-refractivity contribution in [1.29, 1.82) is 0 Å². The number of carbonyl (C=O) groups excluding carboxylic acids is 1. The summed E-state index contributed by atoms with van der Waals surface area (Å²) in [6, 6.07) is 1.12. The lowest BCUT2D eigenvalue weighted by molar-refractivity contribution is -0.145. The van der Waals surface area contributed by atoms with Crippen LogP contribution in [0, 0.1) is 17.5 Å². The van der Waals surface area contributed by atoms with Gasteiger partial charge in [-0.2, -0.15) is 0 Å². The molecule has 3 atom stereocenters. The molecule has 1 unspecified atom stereocenters. The lowest BCUT2D eigenvalue weighted by Gasteiger charge is -2.46. The van der Waals surface area contributed by atoms with Crippen LogP contribution in [0.4, 0.5) is 13.2 Å². The molecule has 2 heterocycles. The fraction of sp³-hybridized carbons (Fsp3) is 0.533. The molecule has 2 aliphatic rings. The average molecular weight is 299 g/mol. The van der Waals surface area contributed by atoms with Crippen LogP contribution in [0.5, 0.6) is 0 Å². The summed E-state index contributed by atoms with van der Waals surface area (Å²) in [5.74, 6) is -4.14. The molecule has 0 aliphatic carbocycles. The van der Waals surface area contributed by atoms with Gasteiger partial charge in [-0.05, 0) is 43.4 Å². The predicted octanol–water partition coefficient (Wildman–Crippen LogP) is 2.68. The summed E-state index contributed by atoms with van der Waals surface area (Å²) in [5, 5.41) is 9.96. The molecule has 2 fully saturated rings. The number of hydrogen-bond donors (Lipinski definition) is 1. The molecule has 2 saturated heterocycles. The molecule has 6 heteroatoms. The van der Waals surface area contributed by atoms with E-state index in [2.05, 4.69) is 0 Å². The maximum Gasteiger partial charge on any atom is 0.223 e. The molecule has 0 saturated carbocycles. The van der Waals surface area contributed by atoms with Crippen LogP contribution in [0.25, 0.3) is 0 Å². The van der Waals surface area contributed by atoms with Gasteiger partial charge in [-0.15, -0.1) is 0 Å². The largest absolute Gasteiger partial charge is 0.393 e. The molecule has 21 heavy (non-hydrogen) atoms. The normalized spacial score (nSPS) is 29.4. The molecule has 1 N–H and O–H groups in total. The molecular weight excluding hydrogens is 283 g/mol. The number of nitrogens with zero attached hydrogens (tertiary/aromatic N) is 1. The van der Waals surface area contributed by atoms with Crippen molar-refractivity contribution >= 4 is 5.91 Å². The molecule has 1 amide bonds. The van der Waals surface area contributed by atoms with Crippen LogP contribution in [0.1, 0.15) is 43.7 Å². The van der Waals surface area contributed by atoms with Gasteiger partial charge in [-0.25, -0.2) is 13.2 Å². The molecule has 0 bridgehead atoms. The second kappa shape index (κ2) is 5.33. The third-order valence-corrected chi connectivity index (χ3v) is 4.38. The predicted molar refractivity (Wildman–Crippen MR) is 68.8 cm³/mol. The number of carbonyl (C=O) groups is 1. The van der Waals surface area contributed by atoms with Crippen LogP contribution < -0.4 is 0 Å². The lowest BCUT2D eigenvalue weighted by Crippen LogP contribution is -2.51. The van der Waals surface area contributed by atoms with Crippen LogP contribution in [0.3, 0.4) is 0 Å². The van der Waals surface area contributed by atoms with E-state index in [9.17, 15) is 23.1 Å². The van der Waals surface area contributed by atoms with Crippen molar-refractivity contribution < 1.29 is 23.1 Å². The summed E-state index contributed by atoms with van der Waals surface area (Å²) >= 11 is 0. The van der Waals surface area contributed by atoms with E-state index in [1.807, 2.05) is 0 Å². The van der Waals surface area contributed by atoms with E-state index in [1.54, 1.807) is 4.90 Å². The molecule has 1 aromatic carbocycles. The number of piperidine rings is 2. The molecular formula is C15H16F3NO2. The first-order chi connectivity index (χ1) is 9.97. The Morgan fingerprint density at radius 3 is 2.48 bits per heavy atom. The summed E-state index contributed by atoms with van der Waals surface area (Å²) in [4.78, 5) is 13.8. The molecule has 3 rings (SSSR count). The highest BCUT2D eigenvalue weighted by molar-refractivity contribution is 5.78. The number of fused-ring (bicyclic) bond motifs is 1. The fourth-order valence-corrected chi connectivity index (χ4v) is 3.47. The van der Waals surface area contributed by atoms with Crippen molar-refractivity contribution in [3.05, 3.63) is 35.1 Å². The number of halogens is 3. The Morgan fingerprint density at radius 1 is 1.14 bits per heavy atom. The second-order valence-corrected chi connectivity index (χ2v) is 5.79. The Kier molecular flexibility index (Phi) is 3.65. The fourth-order valence-electron chi connectivity index (χ4n) is 3.47. The highest BCUT2D eigenvalue weighted by atomic mass is 19.2. The van der Waals surface area contributed by atoms with Crippen molar-refractivity contribution in [2.45, 2.75) is 50.3 Å². The van der Waals surface area contributed by atoms with E-state index >= 15 is 0 Å². The zero-order valence-corrected chi connectivity index (χ0v) is 11.4. The van der Waals surface area contributed by atoms with Crippen LogP contribution in [0.2, 0.25) is 0 Å². The van der Waals surface area contributed by atoms with Crippen molar-refractivity contribution in [3.8, 4) is 0 Å². The zero-order chi connectivity index (χ0) is 15.1. The van der Waals surface area contributed by atoms with E-state index < -0.39 is 29.6 Å². The van der Waals surface area contributed by atoms with E-state index in [1.165, 1.54) is 0 Å².